The average molecular weight is 451 g/mol. The highest BCUT2D eigenvalue weighted by Gasteiger charge is 2.28. The van der Waals surface area contributed by atoms with E-state index in [4.69, 9.17) is 0 Å². The van der Waals surface area contributed by atoms with Crippen LogP contribution in [0.5, 0.6) is 0 Å². The number of rotatable bonds is 7. The van der Waals surface area contributed by atoms with Crippen LogP contribution in [0.15, 0.2) is 29.6 Å². The summed E-state index contributed by atoms with van der Waals surface area (Å²) in [5, 5.41) is 6.58. The standard InChI is InChI=1S/C22H30N4O2S.ClH/c1-17(27)19(5-3-9-26-10-8-23-16-22(26)28)24-11-13-25(14-12-24)20-4-2-6-21-18(20)7-15-29-21;/h2,4,6-7,15,19,23H,3,5,8-14,16H2,1H3;1H. The number of nitrogens with one attached hydrogen (secondary N) is 1. The van der Waals surface area contributed by atoms with Crippen LogP contribution < -0.4 is 10.2 Å². The average Bonchev–Trinajstić information content (AvgIpc) is 3.21. The lowest BCUT2D eigenvalue weighted by molar-refractivity contribution is -0.132. The normalized spacial score (nSPS) is 19.0. The number of piperazine rings is 2. The Hall–Kier alpha value is -1.67. The van der Waals surface area contributed by atoms with Crippen molar-refractivity contribution in [1.82, 2.24) is 15.1 Å². The fourth-order valence-electron chi connectivity index (χ4n) is 4.53. The van der Waals surface area contributed by atoms with Crippen LogP contribution in [0.1, 0.15) is 19.8 Å². The molecule has 2 aliphatic rings. The summed E-state index contributed by atoms with van der Waals surface area (Å²) in [6, 6.07) is 8.69. The van der Waals surface area contributed by atoms with Crippen LogP contribution in [0.4, 0.5) is 5.69 Å². The molecule has 4 rings (SSSR count). The van der Waals surface area contributed by atoms with Gasteiger partial charge in [-0.15, -0.1) is 23.7 Å². The summed E-state index contributed by atoms with van der Waals surface area (Å²) >= 11 is 1.78. The maximum Gasteiger partial charge on any atom is 0.236 e. The number of Topliss-reactive ketones (excluding diaryl/α,β-unsaturated/α-hetero) is 1. The molecule has 1 N–H and O–H groups in total. The second kappa shape index (κ2) is 10.6. The zero-order chi connectivity index (χ0) is 20.2. The highest BCUT2D eigenvalue weighted by Crippen LogP contribution is 2.31. The molecule has 1 atom stereocenters. The predicted octanol–water partition coefficient (Wildman–Crippen LogP) is 2.61. The van der Waals surface area contributed by atoms with E-state index in [9.17, 15) is 9.59 Å². The predicted molar refractivity (Wildman–Crippen MR) is 126 cm³/mol. The van der Waals surface area contributed by atoms with Crippen molar-refractivity contribution in [2.75, 3.05) is 57.3 Å². The molecule has 2 aromatic rings. The first-order chi connectivity index (χ1) is 14.1. The van der Waals surface area contributed by atoms with Crippen molar-refractivity contribution in [3.05, 3.63) is 29.6 Å². The summed E-state index contributed by atoms with van der Waals surface area (Å²) in [6.45, 7) is 8.22. The van der Waals surface area contributed by atoms with Gasteiger partial charge in [-0.25, -0.2) is 0 Å². The van der Waals surface area contributed by atoms with Crippen LogP contribution in [0.3, 0.4) is 0 Å². The number of fused-ring (bicyclic) bond motifs is 1. The topological polar surface area (TPSA) is 55.9 Å². The number of carbonyl (C=O) groups excluding carboxylic acids is 2. The second-order valence-electron chi connectivity index (χ2n) is 7.96. The fourth-order valence-corrected chi connectivity index (χ4v) is 5.34. The van der Waals surface area contributed by atoms with Gasteiger partial charge in [0, 0.05) is 61.6 Å². The third kappa shape index (κ3) is 5.14. The number of thiophene rings is 1. The van der Waals surface area contributed by atoms with Crippen LogP contribution in [-0.4, -0.2) is 79.9 Å². The summed E-state index contributed by atoms with van der Waals surface area (Å²) in [6.07, 6.45) is 1.71. The molecule has 1 aromatic carbocycles. The van der Waals surface area contributed by atoms with Crippen LogP contribution >= 0.6 is 23.7 Å². The van der Waals surface area contributed by atoms with Crippen molar-refractivity contribution in [3.63, 3.8) is 0 Å². The zero-order valence-corrected chi connectivity index (χ0v) is 19.1. The van der Waals surface area contributed by atoms with Crippen molar-refractivity contribution in [2.24, 2.45) is 0 Å². The quantitative estimate of drug-likeness (QED) is 0.702. The Morgan fingerprint density at radius 2 is 1.97 bits per heavy atom. The third-order valence-corrected chi connectivity index (χ3v) is 7.01. The maximum atomic E-state index is 12.3. The van der Waals surface area contributed by atoms with E-state index in [0.717, 1.165) is 58.7 Å². The summed E-state index contributed by atoms with van der Waals surface area (Å²) in [5.41, 5.74) is 1.31. The summed E-state index contributed by atoms with van der Waals surface area (Å²) in [7, 11) is 0. The lowest BCUT2D eigenvalue weighted by Gasteiger charge is -2.40. The molecule has 8 heteroatoms. The molecule has 0 saturated carbocycles. The molecule has 1 amide bonds. The Balaban J connectivity index is 0.00000256. The smallest absolute Gasteiger partial charge is 0.236 e. The fraction of sp³-hybridized carbons (Fsp3) is 0.545. The maximum absolute atomic E-state index is 12.3. The molecule has 30 heavy (non-hydrogen) atoms. The first-order valence-electron chi connectivity index (χ1n) is 10.6. The SMILES string of the molecule is CC(=O)C(CCCN1CCNCC1=O)N1CCN(c2cccc3sccc23)CC1.Cl. The first-order valence-corrected chi connectivity index (χ1v) is 11.5. The van der Waals surface area contributed by atoms with Crippen molar-refractivity contribution < 1.29 is 9.59 Å². The minimum Gasteiger partial charge on any atom is -0.368 e. The van der Waals surface area contributed by atoms with E-state index < -0.39 is 0 Å². The van der Waals surface area contributed by atoms with E-state index in [1.807, 2.05) is 4.90 Å². The minimum absolute atomic E-state index is 0. The molecule has 3 heterocycles. The second-order valence-corrected chi connectivity index (χ2v) is 8.91. The number of carbonyl (C=O) groups is 2. The van der Waals surface area contributed by atoms with Crippen LogP contribution in [0, 0.1) is 0 Å². The monoisotopic (exact) mass is 450 g/mol. The van der Waals surface area contributed by atoms with Gasteiger partial charge < -0.3 is 15.1 Å². The first kappa shape index (κ1) is 23.0. The van der Waals surface area contributed by atoms with Gasteiger partial charge in [-0.1, -0.05) is 6.07 Å². The summed E-state index contributed by atoms with van der Waals surface area (Å²) < 4.78 is 1.33. The Kier molecular flexibility index (Phi) is 8.11. The van der Waals surface area contributed by atoms with Gasteiger partial charge in [0.05, 0.1) is 12.6 Å². The minimum atomic E-state index is -0.0351. The highest BCUT2D eigenvalue weighted by atomic mass is 35.5. The van der Waals surface area contributed by atoms with Crippen molar-refractivity contribution in [3.8, 4) is 0 Å². The van der Waals surface area contributed by atoms with Crippen molar-refractivity contribution in [1.29, 1.82) is 0 Å². The highest BCUT2D eigenvalue weighted by molar-refractivity contribution is 7.17. The van der Waals surface area contributed by atoms with Gasteiger partial charge in [-0.05, 0) is 43.3 Å². The lowest BCUT2D eigenvalue weighted by Crippen LogP contribution is -2.53. The molecule has 1 unspecified atom stereocenters. The number of anilines is 1. The molecule has 0 radical (unpaired) electrons. The van der Waals surface area contributed by atoms with Crippen LogP contribution in [0.2, 0.25) is 0 Å². The summed E-state index contributed by atoms with van der Waals surface area (Å²) in [5.74, 6) is 0.414. The van der Waals surface area contributed by atoms with Gasteiger partial charge in [-0.3, -0.25) is 14.5 Å². The number of hydrogen-bond acceptors (Lipinski definition) is 6. The van der Waals surface area contributed by atoms with E-state index in [1.165, 1.54) is 15.8 Å². The molecular formula is C22H31ClN4O2S. The van der Waals surface area contributed by atoms with Gasteiger partial charge in [0.25, 0.3) is 0 Å². The third-order valence-electron chi connectivity index (χ3n) is 6.13. The molecule has 2 fully saturated rings. The molecular weight excluding hydrogens is 420 g/mol. The molecule has 6 nitrogen and oxygen atoms in total. The van der Waals surface area contributed by atoms with Crippen LogP contribution in [0.25, 0.3) is 10.1 Å². The van der Waals surface area contributed by atoms with Gasteiger partial charge >= 0.3 is 0 Å². The molecule has 164 valence electrons. The Morgan fingerprint density at radius 3 is 2.70 bits per heavy atom. The van der Waals surface area contributed by atoms with E-state index in [0.29, 0.717) is 6.54 Å². The molecule has 0 aliphatic carbocycles. The Bertz CT molecular complexity index is 866. The van der Waals surface area contributed by atoms with Gasteiger partial charge in [0.15, 0.2) is 0 Å². The molecule has 0 spiro atoms. The Morgan fingerprint density at radius 1 is 1.17 bits per heavy atom. The number of halogens is 1. The van der Waals surface area contributed by atoms with E-state index >= 15 is 0 Å². The van der Waals surface area contributed by atoms with Gasteiger partial charge in [-0.2, -0.15) is 0 Å². The Labute approximate surface area is 188 Å². The molecule has 2 saturated heterocycles. The van der Waals surface area contributed by atoms with E-state index in [-0.39, 0.29) is 30.1 Å². The number of benzene rings is 1. The van der Waals surface area contributed by atoms with Crippen LogP contribution in [-0.2, 0) is 9.59 Å². The zero-order valence-electron chi connectivity index (χ0n) is 17.5. The number of nitrogens with zero attached hydrogens (tertiary/aromatic N) is 3. The number of ketones is 1. The van der Waals surface area contributed by atoms with Gasteiger partial charge in [0.2, 0.25) is 5.91 Å². The van der Waals surface area contributed by atoms with Gasteiger partial charge in [0.1, 0.15) is 5.78 Å². The van der Waals surface area contributed by atoms with Crippen molar-refractivity contribution in [2.45, 2.75) is 25.8 Å². The summed E-state index contributed by atoms with van der Waals surface area (Å²) in [4.78, 5) is 31.0. The van der Waals surface area contributed by atoms with E-state index in [1.54, 1.807) is 18.3 Å². The molecule has 2 aliphatic heterocycles. The lowest BCUT2D eigenvalue weighted by atomic mass is 10.0. The number of amides is 1. The van der Waals surface area contributed by atoms with Crippen molar-refractivity contribution >= 4 is 51.2 Å². The molecule has 1 aromatic heterocycles. The number of hydrogen-bond donors (Lipinski definition) is 1. The van der Waals surface area contributed by atoms with E-state index in [2.05, 4.69) is 44.8 Å². The molecule has 0 bridgehead atoms. The largest absolute Gasteiger partial charge is 0.368 e.